The van der Waals surface area contributed by atoms with Gasteiger partial charge in [0.15, 0.2) is 0 Å². The second kappa shape index (κ2) is 4.38. The van der Waals surface area contributed by atoms with Crippen molar-refractivity contribution in [1.82, 2.24) is 14.5 Å². The van der Waals surface area contributed by atoms with Crippen LogP contribution in [-0.2, 0) is 6.54 Å². The topological polar surface area (TPSA) is 30.7 Å². The van der Waals surface area contributed by atoms with Gasteiger partial charge >= 0.3 is 0 Å². The number of rotatable bonds is 2. The number of hydrogen-bond acceptors (Lipinski definition) is 2. The Morgan fingerprint density at radius 3 is 2.94 bits per heavy atom. The Kier molecular flexibility index (Phi) is 2.72. The molecule has 0 aliphatic carbocycles. The third-order valence-electron chi connectivity index (χ3n) is 2.75. The lowest BCUT2D eigenvalue weighted by atomic mass is 10.2. The van der Waals surface area contributed by atoms with Gasteiger partial charge in [0.25, 0.3) is 0 Å². The van der Waals surface area contributed by atoms with Crippen LogP contribution in [0.25, 0.3) is 11.0 Å². The summed E-state index contributed by atoms with van der Waals surface area (Å²) in [6.45, 7) is 0.550. The molecule has 0 spiro atoms. The van der Waals surface area contributed by atoms with Gasteiger partial charge in [-0.1, -0.05) is 23.7 Å². The highest BCUT2D eigenvalue weighted by atomic mass is 35.5. The molecule has 18 heavy (non-hydrogen) atoms. The highest BCUT2D eigenvalue weighted by molar-refractivity contribution is 6.33. The maximum Gasteiger partial charge on any atom is 0.145 e. The lowest BCUT2D eigenvalue weighted by Crippen LogP contribution is -1.99. The molecule has 2 heterocycles. The minimum atomic E-state index is -0.239. The van der Waals surface area contributed by atoms with E-state index in [0.29, 0.717) is 11.7 Å². The second-order valence-corrected chi connectivity index (χ2v) is 4.33. The zero-order chi connectivity index (χ0) is 12.5. The molecule has 0 radical (unpaired) electrons. The molecule has 0 saturated carbocycles. The fourth-order valence-corrected chi connectivity index (χ4v) is 2.12. The molecule has 5 heteroatoms. The van der Waals surface area contributed by atoms with Crippen LogP contribution in [0.3, 0.4) is 0 Å². The molecule has 0 aliphatic rings. The number of halogens is 2. The fraction of sp³-hybridized carbons (Fsp3) is 0.0769. The summed E-state index contributed by atoms with van der Waals surface area (Å²) in [5.74, 6) is -0.239. The van der Waals surface area contributed by atoms with Gasteiger partial charge in [-0.25, -0.2) is 14.4 Å². The van der Waals surface area contributed by atoms with Crippen LogP contribution in [0.15, 0.2) is 42.9 Å². The number of nitrogens with zero attached hydrogens (tertiary/aromatic N) is 3. The van der Waals surface area contributed by atoms with Gasteiger partial charge in [0, 0.05) is 12.7 Å². The van der Waals surface area contributed by atoms with E-state index in [9.17, 15) is 4.39 Å². The number of fused-ring (bicyclic) bond motifs is 1. The van der Waals surface area contributed by atoms with Crippen LogP contribution in [0.2, 0.25) is 5.15 Å². The van der Waals surface area contributed by atoms with Crippen molar-refractivity contribution in [3.05, 3.63) is 59.4 Å². The third kappa shape index (κ3) is 1.95. The zero-order valence-electron chi connectivity index (χ0n) is 9.35. The van der Waals surface area contributed by atoms with Crippen LogP contribution in [0, 0.1) is 5.82 Å². The second-order valence-electron chi connectivity index (χ2n) is 3.98. The van der Waals surface area contributed by atoms with Crippen molar-refractivity contribution in [2.24, 2.45) is 0 Å². The number of aromatic nitrogens is 3. The van der Waals surface area contributed by atoms with Gasteiger partial charge in [0.1, 0.15) is 22.9 Å². The summed E-state index contributed by atoms with van der Waals surface area (Å²) < 4.78 is 15.0. The molecule has 0 saturated heterocycles. The summed E-state index contributed by atoms with van der Waals surface area (Å²) in [6, 6.07) is 8.36. The summed E-state index contributed by atoms with van der Waals surface area (Å²) in [7, 11) is 0. The molecular formula is C13H9ClFN3. The Labute approximate surface area is 108 Å². The molecule has 0 atom stereocenters. The largest absolute Gasteiger partial charge is 0.328 e. The highest BCUT2D eigenvalue weighted by Gasteiger charge is 2.07. The molecule has 3 rings (SSSR count). The summed E-state index contributed by atoms with van der Waals surface area (Å²) in [5.41, 5.74) is 1.63. The van der Waals surface area contributed by atoms with Crippen LogP contribution in [0.1, 0.15) is 5.56 Å². The predicted octanol–water partition coefficient (Wildman–Crippen LogP) is 3.27. The van der Waals surface area contributed by atoms with Crippen molar-refractivity contribution in [2.75, 3.05) is 0 Å². The van der Waals surface area contributed by atoms with E-state index in [1.54, 1.807) is 6.07 Å². The molecule has 0 amide bonds. The molecule has 1 aromatic carbocycles. The van der Waals surface area contributed by atoms with E-state index < -0.39 is 0 Å². The van der Waals surface area contributed by atoms with Crippen LogP contribution < -0.4 is 0 Å². The van der Waals surface area contributed by atoms with Crippen molar-refractivity contribution < 1.29 is 4.39 Å². The number of benzene rings is 1. The molecule has 2 aromatic heterocycles. The Morgan fingerprint density at radius 1 is 1.22 bits per heavy atom. The van der Waals surface area contributed by atoms with E-state index in [1.165, 1.54) is 18.5 Å². The highest BCUT2D eigenvalue weighted by Crippen LogP contribution is 2.20. The van der Waals surface area contributed by atoms with Crippen molar-refractivity contribution in [1.29, 1.82) is 0 Å². The van der Waals surface area contributed by atoms with Gasteiger partial charge in [-0.05, 0) is 23.8 Å². The summed E-state index contributed by atoms with van der Waals surface area (Å²) >= 11 is 5.97. The van der Waals surface area contributed by atoms with Crippen LogP contribution in [-0.4, -0.2) is 14.5 Å². The first-order valence-electron chi connectivity index (χ1n) is 5.44. The average molecular weight is 262 g/mol. The van der Waals surface area contributed by atoms with Gasteiger partial charge in [-0.2, -0.15) is 0 Å². The lowest BCUT2D eigenvalue weighted by Gasteiger charge is -2.05. The summed E-state index contributed by atoms with van der Waals surface area (Å²) in [5, 5.41) is 1.23. The smallest absolute Gasteiger partial charge is 0.145 e. The molecule has 90 valence electrons. The first kappa shape index (κ1) is 11.2. The molecule has 0 fully saturated rings. The minimum Gasteiger partial charge on any atom is -0.328 e. The van der Waals surface area contributed by atoms with Gasteiger partial charge in [0.2, 0.25) is 0 Å². The molecule has 0 N–H and O–H groups in total. The summed E-state index contributed by atoms with van der Waals surface area (Å²) in [6.07, 6.45) is 3.29. The lowest BCUT2D eigenvalue weighted by molar-refractivity contribution is 0.624. The van der Waals surface area contributed by atoms with Gasteiger partial charge in [-0.3, -0.25) is 0 Å². The van der Waals surface area contributed by atoms with E-state index >= 15 is 0 Å². The normalized spacial score (nSPS) is 11.0. The Balaban J connectivity index is 2.03. The van der Waals surface area contributed by atoms with Gasteiger partial charge < -0.3 is 4.57 Å². The zero-order valence-corrected chi connectivity index (χ0v) is 10.1. The van der Waals surface area contributed by atoms with Crippen LogP contribution >= 0.6 is 11.6 Å². The van der Waals surface area contributed by atoms with E-state index in [0.717, 1.165) is 16.6 Å². The summed E-state index contributed by atoms with van der Waals surface area (Å²) in [4.78, 5) is 8.12. The van der Waals surface area contributed by atoms with E-state index in [-0.39, 0.29) is 5.82 Å². The van der Waals surface area contributed by atoms with E-state index in [4.69, 9.17) is 11.6 Å². The van der Waals surface area contributed by atoms with E-state index in [2.05, 4.69) is 9.97 Å². The third-order valence-corrected chi connectivity index (χ3v) is 3.05. The SMILES string of the molecule is Fc1cccc(Cn2ccc3c(Cl)ncnc32)c1. The molecule has 3 aromatic rings. The van der Waals surface area contributed by atoms with Crippen molar-refractivity contribution in [2.45, 2.75) is 6.54 Å². The monoisotopic (exact) mass is 261 g/mol. The molecule has 0 bridgehead atoms. The average Bonchev–Trinajstić information content (AvgIpc) is 2.74. The first-order chi connectivity index (χ1) is 8.74. The first-order valence-corrected chi connectivity index (χ1v) is 5.81. The Bertz CT molecular complexity index is 708. The van der Waals surface area contributed by atoms with Crippen molar-refractivity contribution >= 4 is 22.6 Å². The van der Waals surface area contributed by atoms with Crippen LogP contribution in [0.4, 0.5) is 4.39 Å². The number of hydrogen-bond donors (Lipinski definition) is 0. The van der Waals surface area contributed by atoms with Gasteiger partial charge in [0.05, 0.1) is 5.39 Å². The Morgan fingerprint density at radius 2 is 2.11 bits per heavy atom. The minimum absolute atomic E-state index is 0.239. The maximum absolute atomic E-state index is 13.1. The predicted molar refractivity (Wildman–Crippen MR) is 68.0 cm³/mol. The van der Waals surface area contributed by atoms with Gasteiger partial charge in [-0.15, -0.1) is 0 Å². The molecule has 3 nitrogen and oxygen atoms in total. The molecule has 0 unspecified atom stereocenters. The van der Waals surface area contributed by atoms with Crippen molar-refractivity contribution in [3.8, 4) is 0 Å². The molecular weight excluding hydrogens is 253 g/mol. The molecule has 0 aliphatic heterocycles. The fourth-order valence-electron chi connectivity index (χ4n) is 1.93. The van der Waals surface area contributed by atoms with Crippen molar-refractivity contribution in [3.63, 3.8) is 0 Å². The standard InChI is InChI=1S/C13H9ClFN3/c14-12-11-4-5-18(13(11)17-8-16-12)7-9-2-1-3-10(15)6-9/h1-6,8H,7H2. The quantitative estimate of drug-likeness (QED) is 0.663. The maximum atomic E-state index is 13.1. The van der Waals surface area contributed by atoms with Crippen LogP contribution in [0.5, 0.6) is 0 Å². The van der Waals surface area contributed by atoms with E-state index in [1.807, 2.05) is 22.9 Å². The Hall–Kier alpha value is -1.94.